The molecule has 0 aromatic heterocycles. The first-order valence-electron chi connectivity index (χ1n) is 12.4. The van der Waals surface area contributed by atoms with Crippen LogP contribution >= 0.6 is 0 Å². The monoisotopic (exact) mass is 483 g/mol. The van der Waals surface area contributed by atoms with Crippen LogP contribution in [0.4, 0.5) is 17.1 Å². The largest absolute Gasteiger partial charge is 0.501 e. The standard InChI is InChI=1S/C34H29NO2/c1-24(36)34(25(2)37-3)32-22-23-33(31-17-11-10-16-30(31)32)35(28-14-8-5-9-15-28)29-20-18-27(19-21-29)26-12-6-4-7-13-26/h4-23H,1-3H3/b34-25+. The van der Waals surface area contributed by atoms with Crippen LogP contribution in [-0.2, 0) is 9.53 Å². The third-order valence-electron chi connectivity index (χ3n) is 6.67. The number of carbonyl (C=O) groups excluding carboxylic acids is 1. The predicted molar refractivity (Wildman–Crippen MR) is 154 cm³/mol. The molecule has 0 N–H and O–H groups in total. The van der Waals surface area contributed by atoms with Gasteiger partial charge in [0.05, 0.1) is 18.4 Å². The molecule has 0 saturated carbocycles. The lowest BCUT2D eigenvalue weighted by molar-refractivity contribution is -0.111. The highest BCUT2D eigenvalue weighted by Crippen LogP contribution is 2.41. The average Bonchev–Trinajstić information content (AvgIpc) is 2.95. The Morgan fingerprint density at radius 2 is 1.14 bits per heavy atom. The molecule has 182 valence electrons. The molecule has 0 aliphatic carbocycles. The molecule has 0 fully saturated rings. The van der Waals surface area contributed by atoms with Gasteiger partial charge in [-0.3, -0.25) is 4.79 Å². The molecule has 0 atom stereocenters. The maximum atomic E-state index is 12.7. The quantitative estimate of drug-likeness (QED) is 0.171. The number of para-hydroxylation sites is 1. The maximum absolute atomic E-state index is 12.7. The third kappa shape index (κ3) is 4.76. The number of hydrogen-bond acceptors (Lipinski definition) is 3. The molecule has 0 aliphatic rings. The topological polar surface area (TPSA) is 29.5 Å². The molecule has 0 saturated heterocycles. The highest BCUT2D eigenvalue weighted by atomic mass is 16.5. The highest BCUT2D eigenvalue weighted by molar-refractivity contribution is 6.24. The summed E-state index contributed by atoms with van der Waals surface area (Å²) < 4.78 is 5.49. The number of allylic oxidation sites excluding steroid dienone is 2. The van der Waals surface area contributed by atoms with Crippen molar-refractivity contribution in [3.8, 4) is 11.1 Å². The fourth-order valence-electron chi connectivity index (χ4n) is 4.86. The molecule has 3 heteroatoms. The number of fused-ring (bicyclic) bond motifs is 1. The lowest BCUT2D eigenvalue weighted by atomic mass is 9.93. The Kier molecular flexibility index (Phi) is 6.87. The first-order valence-corrected chi connectivity index (χ1v) is 12.4. The first kappa shape index (κ1) is 24.1. The van der Waals surface area contributed by atoms with E-state index in [0.29, 0.717) is 11.3 Å². The predicted octanol–water partition coefficient (Wildman–Crippen LogP) is 8.94. The smallest absolute Gasteiger partial charge is 0.163 e. The second kappa shape index (κ2) is 10.5. The molecule has 0 spiro atoms. The molecule has 0 aliphatic heterocycles. The lowest BCUT2D eigenvalue weighted by Gasteiger charge is -2.28. The van der Waals surface area contributed by atoms with Crippen molar-refractivity contribution in [1.29, 1.82) is 0 Å². The zero-order chi connectivity index (χ0) is 25.8. The molecule has 5 aromatic rings. The second-order valence-corrected chi connectivity index (χ2v) is 8.95. The summed E-state index contributed by atoms with van der Waals surface area (Å²) in [6, 6.07) is 41.8. The second-order valence-electron chi connectivity index (χ2n) is 8.95. The van der Waals surface area contributed by atoms with Gasteiger partial charge in [-0.25, -0.2) is 0 Å². The van der Waals surface area contributed by atoms with Crippen molar-refractivity contribution in [2.75, 3.05) is 12.0 Å². The highest BCUT2D eigenvalue weighted by Gasteiger charge is 2.20. The van der Waals surface area contributed by atoms with Crippen molar-refractivity contribution < 1.29 is 9.53 Å². The van der Waals surface area contributed by atoms with Crippen molar-refractivity contribution in [2.24, 2.45) is 0 Å². The van der Waals surface area contributed by atoms with Gasteiger partial charge in [0, 0.05) is 16.8 Å². The van der Waals surface area contributed by atoms with E-state index in [9.17, 15) is 4.79 Å². The summed E-state index contributed by atoms with van der Waals surface area (Å²) >= 11 is 0. The van der Waals surface area contributed by atoms with E-state index >= 15 is 0 Å². The van der Waals surface area contributed by atoms with E-state index in [1.165, 1.54) is 11.1 Å². The molecule has 5 aromatic carbocycles. The van der Waals surface area contributed by atoms with Gasteiger partial charge in [0.25, 0.3) is 0 Å². The van der Waals surface area contributed by atoms with Gasteiger partial charge >= 0.3 is 0 Å². The summed E-state index contributed by atoms with van der Waals surface area (Å²) in [4.78, 5) is 14.9. The van der Waals surface area contributed by atoms with E-state index in [4.69, 9.17) is 4.74 Å². The zero-order valence-corrected chi connectivity index (χ0v) is 21.3. The van der Waals surface area contributed by atoms with Crippen LogP contribution in [0.5, 0.6) is 0 Å². The van der Waals surface area contributed by atoms with Crippen LogP contribution in [-0.4, -0.2) is 12.9 Å². The number of ketones is 1. The summed E-state index contributed by atoms with van der Waals surface area (Å²) in [6.07, 6.45) is 0. The number of carbonyl (C=O) groups is 1. The molecular weight excluding hydrogens is 454 g/mol. The van der Waals surface area contributed by atoms with Crippen LogP contribution in [0.25, 0.3) is 27.5 Å². The van der Waals surface area contributed by atoms with Crippen molar-refractivity contribution in [2.45, 2.75) is 13.8 Å². The summed E-state index contributed by atoms with van der Waals surface area (Å²) in [6.45, 7) is 3.43. The number of methoxy groups -OCH3 is 1. The van der Waals surface area contributed by atoms with Gasteiger partial charge in [0.15, 0.2) is 5.78 Å². The summed E-state index contributed by atoms with van der Waals surface area (Å²) in [5.41, 5.74) is 6.98. The number of ether oxygens (including phenoxy) is 1. The Labute approximate surface area is 218 Å². The van der Waals surface area contributed by atoms with Gasteiger partial charge in [-0.2, -0.15) is 0 Å². The summed E-state index contributed by atoms with van der Waals surface area (Å²) in [5, 5.41) is 2.06. The van der Waals surface area contributed by atoms with Crippen LogP contribution in [0.1, 0.15) is 19.4 Å². The molecule has 0 amide bonds. The number of hydrogen-bond donors (Lipinski definition) is 0. The van der Waals surface area contributed by atoms with Crippen LogP contribution in [0.3, 0.4) is 0 Å². The molecule has 0 bridgehead atoms. The van der Waals surface area contributed by atoms with Gasteiger partial charge in [-0.15, -0.1) is 0 Å². The van der Waals surface area contributed by atoms with E-state index in [2.05, 4.69) is 95.9 Å². The maximum Gasteiger partial charge on any atom is 0.163 e. The average molecular weight is 484 g/mol. The third-order valence-corrected chi connectivity index (χ3v) is 6.67. The Morgan fingerprint density at radius 1 is 0.595 bits per heavy atom. The van der Waals surface area contributed by atoms with E-state index in [1.807, 2.05) is 37.3 Å². The van der Waals surface area contributed by atoms with Gasteiger partial charge in [0.1, 0.15) is 5.76 Å². The molecule has 5 rings (SSSR count). The van der Waals surface area contributed by atoms with Crippen molar-refractivity contribution in [3.05, 3.63) is 133 Å². The van der Waals surface area contributed by atoms with Crippen LogP contribution in [0, 0.1) is 0 Å². The fourth-order valence-corrected chi connectivity index (χ4v) is 4.86. The number of Topliss-reactive ketones (excluding diaryl/α,β-unsaturated/α-hetero) is 1. The van der Waals surface area contributed by atoms with Crippen LogP contribution in [0.15, 0.2) is 127 Å². The van der Waals surface area contributed by atoms with Crippen molar-refractivity contribution in [3.63, 3.8) is 0 Å². The minimum atomic E-state index is -0.0198. The fraction of sp³-hybridized carbons (Fsp3) is 0.0882. The SMILES string of the molecule is CO/C(C)=C(\C(C)=O)c1ccc(N(c2ccccc2)c2ccc(-c3ccccc3)cc2)c2ccccc12. The van der Waals surface area contributed by atoms with E-state index in [1.54, 1.807) is 14.0 Å². The molecule has 0 heterocycles. The number of anilines is 3. The number of nitrogens with zero attached hydrogens (tertiary/aromatic N) is 1. The molecule has 0 radical (unpaired) electrons. The summed E-state index contributed by atoms with van der Waals surface area (Å²) in [5.74, 6) is 0.593. The van der Waals surface area contributed by atoms with Gasteiger partial charge in [-0.05, 0) is 66.3 Å². The number of benzene rings is 5. The first-order chi connectivity index (χ1) is 18.1. The molecule has 37 heavy (non-hydrogen) atoms. The van der Waals surface area contributed by atoms with Crippen molar-refractivity contribution in [1.82, 2.24) is 0 Å². The van der Waals surface area contributed by atoms with E-state index in [0.717, 1.165) is 33.4 Å². The minimum Gasteiger partial charge on any atom is -0.501 e. The Bertz CT molecular complexity index is 1570. The normalized spacial score (nSPS) is 11.6. The minimum absolute atomic E-state index is 0.0198. The van der Waals surface area contributed by atoms with Crippen LogP contribution < -0.4 is 4.90 Å². The van der Waals surface area contributed by atoms with Crippen LogP contribution in [0.2, 0.25) is 0 Å². The Hall–Kier alpha value is -4.63. The molecule has 3 nitrogen and oxygen atoms in total. The van der Waals surface area contributed by atoms with E-state index in [-0.39, 0.29) is 5.78 Å². The Morgan fingerprint density at radius 3 is 1.76 bits per heavy atom. The lowest BCUT2D eigenvalue weighted by Crippen LogP contribution is -2.11. The number of rotatable bonds is 7. The Balaban J connectivity index is 1.71. The molecular formula is C34H29NO2. The van der Waals surface area contributed by atoms with E-state index < -0.39 is 0 Å². The summed E-state index contributed by atoms with van der Waals surface area (Å²) in [7, 11) is 1.60. The molecule has 0 unspecified atom stereocenters. The van der Waals surface area contributed by atoms with Crippen molar-refractivity contribution >= 4 is 39.2 Å². The van der Waals surface area contributed by atoms with Gasteiger partial charge < -0.3 is 9.64 Å². The van der Waals surface area contributed by atoms with Gasteiger partial charge in [-0.1, -0.05) is 91.0 Å². The van der Waals surface area contributed by atoms with Gasteiger partial charge in [0.2, 0.25) is 0 Å². The zero-order valence-electron chi connectivity index (χ0n) is 21.3.